The average Bonchev–Trinajstić information content (AvgIpc) is 2.86. The summed E-state index contributed by atoms with van der Waals surface area (Å²) in [5, 5.41) is 9.77. The molecule has 0 fully saturated rings. The van der Waals surface area contributed by atoms with Crippen molar-refractivity contribution < 1.29 is 9.47 Å². The second kappa shape index (κ2) is 2.98. The van der Waals surface area contributed by atoms with Gasteiger partial charge in [-0.1, -0.05) is 0 Å². The van der Waals surface area contributed by atoms with Gasteiger partial charge in [0, 0.05) is 23.2 Å². The summed E-state index contributed by atoms with van der Waals surface area (Å²) in [6.07, 6.45) is 6.63. The Morgan fingerprint density at radius 1 is 1.12 bits per heavy atom. The van der Waals surface area contributed by atoms with Crippen molar-refractivity contribution >= 4 is 21.8 Å². The van der Waals surface area contributed by atoms with Crippen LogP contribution in [0.25, 0.3) is 21.8 Å². The average molecular weight is 225 g/mol. The Labute approximate surface area is 95.7 Å². The van der Waals surface area contributed by atoms with Crippen molar-refractivity contribution in [2.75, 3.05) is 0 Å². The Hall–Kier alpha value is -2.56. The number of pyridine rings is 1. The number of nitrogens with one attached hydrogen (secondary N) is 1. The number of ether oxygens (including phenoxy) is 2. The molecule has 0 amide bonds. The van der Waals surface area contributed by atoms with E-state index in [1.54, 1.807) is 6.20 Å². The van der Waals surface area contributed by atoms with Crippen molar-refractivity contribution in [2.45, 2.75) is 0 Å². The third-order valence-corrected chi connectivity index (χ3v) is 2.81. The summed E-state index contributed by atoms with van der Waals surface area (Å²) < 4.78 is 10.9. The van der Waals surface area contributed by atoms with Gasteiger partial charge in [-0.2, -0.15) is 5.10 Å². The maximum absolute atomic E-state index is 5.54. The van der Waals surface area contributed by atoms with Crippen molar-refractivity contribution in [3.63, 3.8) is 0 Å². The third kappa shape index (κ3) is 1.08. The zero-order chi connectivity index (χ0) is 11.2. The van der Waals surface area contributed by atoms with Gasteiger partial charge >= 0.3 is 0 Å². The maximum atomic E-state index is 5.54. The van der Waals surface area contributed by atoms with Crippen molar-refractivity contribution in [3.05, 3.63) is 37.1 Å². The number of hydrogen-bond donors (Lipinski definition) is 1. The second-order valence-electron chi connectivity index (χ2n) is 3.75. The Morgan fingerprint density at radius 3 is 3.06 bits per heavy atom. The molecule has 0 saturated heterocycles. The Morgan fingerprint density at radius 2 is 2.06 bits per heavy atom. The molecule has 5 nitrogen and oxygen atoms in total. The van der Waals surface area contributed by atoms with Crippen molar-refractivity contribution in [1.82, 2.24) is 15.2 Å². The minimum Gasteiger partial charge on any atom is -0.458 e. The SMILES string of the molecule is C1=COc2c(ccc3cnc4n[nH]cc4c23)O1. The highest BCUT2D eigenvalue weighted by molar-refractivity contribution is 6.08. The van der Waals surface area contributed by atoms with E-state index < -0.39 is 0 Å². The maximum Gasteiger partial charge on any atom is 0.181 e. The van der Waals surface area contributed by atoms with Crippen LogP contribution in [0.5, 0.6) is 11.5 Å². The fraction of sp³-hybridized carbons (Fsp3) is 0. The summed E-state index contributed by atoms with van der Waals surface area (Å²) in [4.78, 5) is 4.26. The lowest BCUT2D eigenvalue weighted by molar-refractivity contribution is 0.365. The van der Waals surface area contributed by atoms with Crippen LogP contribution in [0.1, 0.15) is 0 Å². The molecule has 0 unspecified atom stereocenters. The Kier molecular flexibility index (Phi) is 1.50. The molecule has 1 aromatic carbocycles. The van der Waals surface area contributed by atoms with E-state index in [1.807, 2.05) is 18.3 Å². The first kappa shape index (κ1) is 8.58. The quantitative estimate of drug-likeness (QED) is 0.638. The number of fused-ring (bicyclic) bond motifs is 5. The number of nitrogens with zero attached hydrogens (tertiary/aromatic N) is 2. The van der Waals surface area contributed by atoms with E-state index in [-0.39, 0.29) is 0 Å². The molecule has 1 aliphatic rings. The lowest BCUT2D eigenvalue weighted by Crippen LogP contribution is -1.97. The molecule has 17 heavy (non-hydrogen) atoms. The van der Waals surface area contributed by atoms with E-state index in [9.17, 15) is 0 Å². The van der Waals surface area contributed by atoms with Crippen molar-refractivity contribution in [1.29, 1.82) is 0 Å². The first-order valence-corrected chi connectivity index (χ1v) is 5.17. The molecule has 1 aliphatic heterocycles. The molecule has 4 rings (SSSR count). The molecule has 3 aromatic rings. The number of aromatic amines is 1. The summed E-state index contributed by atoms with van der Waals surface area (Å²) in [6, 6.07) is 3.82. The number of rotatable bonds is 0. The predicted molar refractivity (Wildman–Crippen MR) is 61.8 cm³/mol. The van der Waals surface area contributed by atoms with Crippen molar-refractivity contribution in [2.24, 2.45) is 0 Å². The fourth-order valence-electron chi connectivity index (χ4n) is 2.07. The van der Waals surface area contributed by atoms with Gasteiger partial charge in [0.15, 0.2) is 17.1 Å². The van der Waals surface area contributed by atoms with Gasteiger partial charge in [0.2, 0.25) is 0 Å². The molecule has 2 aromatic heterocycles. The van der Waals surface area contributed by atoms with Gasteiger partial charge < -0.3 is 9.47 Å². The van der Waals surface area contributed by atoms with Gasteiger partial charge in [-0.15, -0.1) is 0 Å². The highest BCUT2D eigenvalue weighted by atomic mass is 16.5. The van der Waals surface area contributed by atoms with E-state index in [1.165, 1.54) is 12.5 Å². The van der Waals surface area contributed by atoms with E-state index in [0.29, 0.717) is 17.1 Å². The molecule has 0 atom stereocenters. The van der Waals surface area contributed by atoms with Gasteiger partial charge in [-0.3, -0.25) is 5.10 Å². The number of H-pyrrole nitrogens is 1. The summed E-state index contributed by atoms with van der Waals surface area (Å²) in [7, 11) is 0. The fourth-order valence-corrected chi connectivity index (χ4v) is 2.07. The van der Waals surface area contributed by atoms with Crippen molar-refractivity contribution in [3.8, 4) is 11.5 Å². The number of aromatic nitrogens is 3. The molecule has 0 radical (unpaired) electrons. The molecular weight excluding hydrogens is 218 g/mol. The lowest BCUT2D eigenvalue weighted by atomic mass is 10.1. The van der Waals surface area contributed by atoms with Gasteiger partial charge in [0.05, 0.1) is 5.39 Å². The third-order valence-electron chi connectivity index (χ3n) is 2.81. The van der Waals surface area contributed by atoms with Crippen LogP contribution in [0.15, 0.2) is 37.1 Å². The lowest BCUT2D eigenvalue weighted by Gasteiger charge is -2.14. The van der Waals surface area contributed by atoms with Crippen LogP contribution >= 0.6 is 0 Å². The van der Waals surface area contributed by atoms with Crippen LogP contribution in [0.3, 0.4) is 0 Å². The molecule has 0 saturated carbocycles. The number of benzene rings is 1. The van der Waals surface area contributed by atoms with E-state index in [2.05, 4.69) is 15.2 Å². The molecule has 82 valence electrons. The Balaban J connectivity index is 2.24. The highest BCUT2D eigenvalue weighted by Crippen LogP contribution is 2.40. The molecule has 1 N–H and O–H groups in total. The molecule has 0 spiro atoms. The van der Waals surface area contributed by atoms with E-state index >= 15 is 0 Å². The predicted octanol–water partition coefficient (Wildman–Crippen LogP) is 2.35. The first-order valence-electron chi connectivity index (χ1n) is 5.17. The normalized spacial score (nSPS) is 13.4. The zero-order valence-electron chi connectivity index (χ0n) is 8.68. The number of hydrogen-bond acceptors (Lipinski definition) is 4. The monoisotopic (exact) mass is 225 g/mol. The minimum atomic E-state index is 0.670. The molecule has 3 heterocycles. The molecule has 0 aliphatic carbocycles. The van der Waals surface area contributed by atoms with Gasteiger partial charge in [0.25, 0.3) is 0 Å². The van der Waals surface area contributed by atoms with Crippen LogP contribution in [0, 0.1) is 0 Å². The van der Waals surface area contributed by atoms with E-state index in [4.69, 9.17) is 9.47 Å². The second-order valence-corrected chi connectivity index (χ2v) is 3.75. The smallest absolute Gasteiger partial charge is 0.181 e. The van der Waals surface area contributed by atoms with Crippen LogP contribution < -0.4 is 9.47 Å². The van der Waals surface area contributed by atoms with Crippen LogP contribution in [0.4, 0.5) is 0 Å². The standard InChI is InChI=1S/C12H7N3O2/c1-2-9-11(17-4-3-16-9)10-7(1)5-13-12-8(10)6-14-15-12/h1-6H,(H,13,14,15). The summed E-state index contributed by atoms with van der Waals surface area (Å²) in [5.74, 6) is 1.41. The zero-order valence-corrected chi connectivity index (χ0v) is 8.68. The van der Waals surface area contributed by atoms with Gasteiger partial charge in [-0.25, -0.2) is 4.98 Å². The summed E-state index contributed by atoms with van der Waals surface area (Å²) in [5.41, 5.74) is 0.670. The molecule has 5 heteroatoms. The summed E-state index contributed by atoms with van der Waals surface area (Å²) >= 11 is 0. The Bertz CT molecular complexity index is 761. The van der Waals surface area contributed by atoms with Gasteiger partial charge in [-0.05, 0) is 12.1 Å². The van der Waals surface area contributed by atoms with Crippen LogP contribution in [-0.4, -0.2) is 15.2 Å². The van der Waals surface area contributed by atoms with Crippen LogP contribution in [0.2, 0.25) is 0 Å². The first-order chi connectivity index (χ1) is 8.43. The highest BCUT2D eigenvalue weighted by Gasteiger charge is 2.16. The van der Waals surface area contributed by atoms with Gasteiger partial charge in [0.1, 0.15) is 12.5 Å². The van der Waals surface area contributed by atoms with E-state index in [0.717, 1.165) is 16.2 Å². The topological polar surface area (TPSA) is 60.0 Å². The summed E-state index contributed by atoms with van der Waals surface area (Å²) in [6.45, 7) is 0. The largest absolute Gasteiger partial charge is 0.458 e. The molecular formula is C12H7N3O2. The molecule has 0 bridgehead atoms. The van der Waals surface area contributed by atoms with Crippen LogP contribution in [-0.2, 0) is 0 Å². The minimum absolute atomic E-state index is 0.670.